The Kier molecular flexibility index (Phi) is 5.23. The lowest BCUT2D eigenvalue weighted by Gasteiger charge is -2.41. The molecule has 1 aromatic rings. The molecule has 6 heteroatoms. The lowest BCUT2D eigenvalue weighted by Crippen LogP contribution is -2.47. The summed E-state index contributed by atoms with van der Waals surface area (Å²) in [7, 11) is 0. The van der Waals surface area contributed by atoms with Gasteiger partial charge in [-0.15, -0.1) is 0 Å². The van der Waals surface area contributed by atoms with Crippen LogP contribution in [0.1, 0.15) is 43.7 Å². The number of hydrogen-bond donors (Lipinski definition) is 1. The molecular weight excluding hydrogens is 297 g/mol. The third-order valence-corrected chi connectivity index (χ3v) is 5.15. The van der Waals surface area contributed by atoms with E-state index in [2.05, 4.69) is 10.2 Å². The second-order valence-corrected chi connectivity index (χ2v) is 6.59. The molecule has 0 aromatic heterocycles. The molecule has 1 saturated heterocycles. The minimum atomic E-state index is -0.432. The van der Waals surface area contributed by atoms with Crippen molar-refractivity contribution in [1.29, 1.82) is 0 Å². The summed E-state index contributed by atoms with van der Waals surface area (Å²) in [6, 6.07) is 3.92. The Morgan fingerprint density at radius 2 is 1.91 bits per heavy atom. The van der Waals surface area contributed by atoms with Crippen LogP contribution >= 0.6 is 0 Å². The number of nitrogens with zero attached hydrogens (tertiary/aromatic N) is 2. The monoisotopic (exact) mass is 321 g/mol. The van der Waals surface area contributed by atoms with Crippen molar-refractivity contribution in [2.75, 3.05) is 26.2 Å². The van der Waals surface area contributed by atoms with Gasteiger partial charge in [0, 0.05) is 49.9 Å². The molecule has 126 valence electrons. The Bertz CT molecular complexity index is 537. The molecule has 3 rings (SSSR count). The van der Waals surface area contributed by atoms with Gasteiger partial charge in [0.2, 0.25) is 0 Å². The lowest BCUT2D eigenvalue weighted by atomic mass is 9.80. The number of nitro groups is 1. The SMILES string of the molecule is O=[N+]([O-])c1ccc(F)c([C@@H](C2CCCCC2)N2CCNCC2)c1. The summed E-state index contributed by atoms with van der Waals surface area (Å²) in [5, 5.41) is 14.4. The van der Waals surface area contributed by atoms with Gasteiger partial charge in [0.05, 0.1) is 4.92 Å². The van der Waals surface area contributed by atoms with E-state index in [1.54, 1.807) is 0 Å². The van der Waals surface area contributed by atoms with Crippen molar-refractivity contribution in [2.45, 2.75) is 38.1 Å². The minimum absolute atomic E-state index is 0.0163. The van der Waals surface area contributed by atoms with Crippen molar-refractivity contribution >= 4 is 5.69 Å². The number of nitro benzene ring substituents is 1. The van der Waals surface area contributed by atoms with Crippen molar-refractivity contribution in [3.63, 3.8) is 0 Å². The first-order valence-electron chi connectivity index (χ1n) is 8.55. The molecule has 0 amide bonds. The smallest absolute Gasteiger partial charge is 0.269 e. The molecule has 0 bridgehead atoms. The third kappa shape index (κ3) is 3.70. The van der Waals surface area contributed by atoms with Gasteiger partial charge in [-0.25, -0.2) is 4.39 Å². The maximum Gasteiger partial charge on any atom is 0.269 e. The van der Waals surface area contributed by atoms with E-state index in [9.17, 15) is 14.5 Å². The van der Waals surface area contributed by atoms with Crippen LogP contribution in [0.3, 0.4) is 0 Å². The van der Waals surface area contributed by atoms with Crippen LogP contribution in [0.2, 0.25) is 0 Å². The van der Waals surface area contributed by atoms with E-state index >= 15 is 0 Å². The maximum atomic E-state index is 14.5. The fraction of sp³-hybridized carbons (Fsp3) is 0.647. The van der Waals surface area contributed by atoms with Crippen molar-refractivity contribution in [2.24, 2.45) is 5.92 Å². The van der Waals surface area contributed by atoms with Gasteiger partial charge in [0.15, 0.2) is 0 Å². The Balaban J connectivity index is 1.96. The molecule has 2 aliphatic rings. The predicted molar refractivity (Wildman–Crippen MR) is 86.8 cm³/mol. The zero-order valence-corrected chi connectivity index (χ0v) is 13.3. The number of benzene rings is 1. The van der Waals surface area contributed by atoms with Gasteiger partial charge in [0.25, 0.3) is 5.69 Å². The maximum absolute atomic E-state index is 14.5. The highest BCUT2D eigenvalue weighted by molar-refractivity contribution is 5.37. The Morgan fingerprint density at radius 3 is 2.57 bits per heavy atom. The number of nitrogens with one attached hydrogen (secondary N) is 1. The highest BCUT2D eigenvalue weighted by Crippen LogP contribution is 2.40. The van der Waals surface area contributed by atoms with Gasteiger partial charge in [-0.05, 0) is 24.8 Å². The topological polar surface area (TPSA) is 58.4 Å². The first-order chi connectivity index (χ1) is 11.2. The molecule has 1 atom stereocenters. The molecule has 5 nitrogen and oxygen atoms in total. The fourth-order valence-electron chi connectivity index (χ4n) is 4.03. The third-order valence-electron chi connectivity index (χ3n) is 5.15. The van der Waals surface area contributed by atoms with E-state index in [0.29, 0.717) is 11.5 Å². The van der Waals surface area contributed by atoms with E-state index in [4.69, 9.17) is 0 Å². The summed E-state index contributed by atoms with van der Waals surface area (Å²) in [4.78, 5) is 13.0. The summed E-state index contributed by atoms with van der Waals surface area (Å²) in [6.45, 7) is 3.51. The lowest BCUT2D eigenvalue weighted by molar-refractivity contribution is -0.385. The normalized spacial score (nSPS) is 22.0. The summed E-state index contributed by atoms with van der Waals surface area (Å²) in [6.07, 6.45) is 5.74. The summed E-state index contributed by atoms with van der Waals surface area (Å²) >= 11 is 0. The Morgan fingerprint density at radius 1 is 1.22 bits per heavy atom. The van der Waals surface area contributed by atoms with E-state index in [1.807, 2.05) is 0 Å². The van der Waals surface area contributed by atoms with Crippen LogP contribution in [-0.4, -0.2) is 36.0 Å². The second kappa shape index (κ2) is 7.36. The van der Waals surface area contributed by atoms with Gasteiger partial charge in [0.1, 0.15) is 5.82 Å². The molecule has 2 fully saturated rings. The number of hydrogen-bond acceptors (Lipinski definition) is 4. The van der Waals surface area contributed by atoms with Crippen molar-refractivity contribution in [1.82, 2.24) is 10.2 Å². The molecule has 1 heterocycles. The molecule has 1 N–H and O–H groups in total. The molecule has 1 saturated carbocycles. The zero-order chi connectivity index (χ0) is 16.2. The summed E-state index contributed by atoms with van der Waals surface area (Å²) < 4.78 is 14.5. The van der Waals surface area contributed by atoms with E-state index in [1.165, 1.54) is 37.5 Å². The molecular formula is C17H24FN3O2. The number of non-ortho nitro benzene ring substituents is 1. The summed E-state index contributed by atoms with van der Waals surface area (Å²) in [5.74, 6) is 0.0723. The fourth-order valence-corrected chi connectivity index (χ4v) is 4.03. The number of halogens is 1. The first-order valence-corrected chi connectivity index (χ1v) is 8.55. The van der Waals surface area contributed by atoms with Crippen molar-refractivity contribution in [3.05, 3.63) is 39.7 Å². The standard InChI is InChI=1S/C17H24FN3O2/c18-16-7-6-14(21(22)23)12-15(16)17(13-4-2-1-3-5-13)20-10-8-19-9-11-20/h6-7,12-13,17,19H,1-5,8-11H2/t17-/m1/s1. The molecule has 0 spiro atoms. The minimum Gasteiger partial charge on any atom is -0.314 e. The predicted octanol–water partition coefficient (Wildman–Crippen LogP) is 3.26. The van der Waals surface area contributed by atoms with Crippen molar-refractivity contribution < 1.29 is 9.31 Å². The largest absolute Gasteiger partial charge is 0.314 e. The van der Waals surface area contributed by atoms with Gasteiger partial charge in [-0.1, -0.05) is 19.3 Å². The molecule has 1 aromatic carbocycles. The first kappa shape index (κ1) is 16.3. The second-order valence-electron chi connectivity index (χ2n) is 6.59. The van der Waals surface area contributed by atoms with Crippen LogP contribution < -0.4 is 5.32 Å². The molecule has 1 aliphatic heterocycles. The van der Waals surface area contributed by atoms with Gasteiger partial charge < -0.3 is 5.32 Å². The molecule has 1 aliphatic carbocycles. The average molecular weight is 321 g/mol. The quantitative estimate of drug-likeness (QED) is 0.683. The van der Waals surface area contributed by atoms with E-state index in [-0.39, 0.29) is 17.5 Å². The molecule has 0 radical (unpaired) electrons. The van der Waals surface area contributed by atoms with Gasteiger partial charge in [-0.2, -0.15) is 0 Å². The Labute approximate surface area is 136 Å². The van der Waals surface area contributed by atoms with Crippen LogP contribution in [0, 0.1) is 21.8 Å². The van der Waals surface area contributed by atoms with E-state index < -0.39 is 4.92 Å². The average Bonchev–Trinajstić information content (AvgIpc) is 2.58. The van der Waals surface area contributed by atoms with Crippen LogP contribution in [0.15, 0.2) is 18.2 Å². The number of rotatable bonds is 4. The Hall–Kier alpha value is -1.53. The van der Waals surface area contributed by atoms with Crippen molar-refractivity contribution in [3.8, 4) is 0 Å². The molecule has 23 heavy (non-hydrogen) atoms. The molecule has 0 unspecified atom stereocenters. The highest BCUT2D eigenvalue weighted by atomic mass is 19.1. The highest BCUT2D eigenvalue weighted by Gasteiger charge is 2.33. The van der Waals surface area contributed by atoms with E-state index in [0.717, 1.165) is 39.0 Å². The van der Waals surface area contributed by atoms with Crippen LogP contribution in [-0.2, 0) is 0 Å². The van der Waals surface area contributed by atoms with Gasteiger partial charge in [-0.3, -0.25) is 15.0 Å². The van der Waals surface area contributed by atoms with Gasteiger partial charge >= 0.3 is 0 Å². The van der Waals surface area contributed by atoms with Crippen LogP contribution in [0.4, 0.5) is 10.1 Å². The zero-order valence-electron chi connectivity index (χ0n) is 13.3. The van der Waals surface area contributed by atoms with Crippen LogP contribution in [0.25, 0.3) is 0 Å². The van der Waals surface area contributed by atoms with Crippen LogP contribution in [0.5, 0.6) is 0 Å². The summed E-state index contributed by atoms with van der Waals surface area (Å²) in [5.41, 5.74) is 0.491. The number of piperazine rings is 1.